The van der Waals surface area contributed by atoms with E-state index in [0.717, 1.165) is 0 Å². The zero-order valence-electron chi connectivity index (χ0n) is 12.9. The first-order chi connectivity index (χ1) is 11.3. The summed E-state index contributed by atoms with van der Waals surface area (Å²) in [4.78, 5) is 16.4. The zero-order valence-corrected chi connectivity index (χ0v) is 15.3. The minimum Gasteiger partial charge on any atom is -0.490 e. The van der Waals surface area contributed by atoms with Crippen molar-refractivity contribution in [1.82, 2.24) is 9.71 Å². The van der Waals surface area contributed by atoms with Crippen LogP contribution in [0.15, 0.2) is 28.6 Å². The van der Waals surface area contributed by atoms with Crippen LogP contribution in [0.4, 0.5) is 0 Å². The molecule has 0 unspecified atom stereocenters. The van der Waals surface area contributed by atoms with Crippen LogP contribution in [-0.2, 0) is 14.8 Å². The quantitative estimate of drug-likeness (QED) is 0.728. The lowest BCUT2D eigenvalue weighted by Crippen LogP contribution is -2.31. The predicted octanol–water partition coefficient (Wildman–Crippen LogP) is 2.25. The average molecular weight is 391 g/mol. The van der Waals surface area contributed by atoms with Crippen molar-refractivity contribution in [2.45, 2.75) is 11.8 Å². The maximum absolute atomic E-state index is 12.5. The van der Waals surface area contributed by atoms with Crippen molar-refractivity contribution in [2.24, 2.45) is 0 Å². The molecule has 1 N–H and O–H groups in total. The van der Waals surface area contributed by atoms with E-state index in [1.807, 2.05) is 4.72 Å². The van der Waals surface area contributed by atoms with Crippen LogP contribution in [0, 0.1) is 6.92 Å². The molecule has 10 heteroatoms. The molecule has 2 aromatic rings. The molecule has 1 amide bonds. The van der Waals surface area contributed by atoms with Gasteiger partial charge in [-0.1, -0.05) is 11.6 Å². The Morgan fingerprint density at radius 3 is 2.75 bits per heavy atom. The number of aromatic nitrogens is 1. The van der Waals surface area contributed by atoms with E-state index in [1.165, 1.54) is 42.2 Å². The number of sulfonamides is 1. The van der Waals surface area contributed by atoms with E-state index in [-0.39, 0.29) is 34.6 Å². The van der Waals surface area contributed by atoms with Crippen LogP contribution in [0.2, 0.25) is 5.02 Å². The highest BCUT2D eigenvalue weighted by atomic mass is 35.5. The topological polar surface area (TPSA) is 94.6 Å². The number of methoxy groups -OCH3 is 1. The number of carbonyl (C=O) groups is 1. The predicted molar refractivity (Wildman–Crippen MR) is 90.3 cm³/mol. The lowest BCUT2D eigenvalue weighted by Gasteiger charge is -2.13. The average Bonchev–Trinajstić information content (AvgIpc) is 2.94. The molecule has 0 saturated carbocycles. The lowest BCUT2D eigenvalue weighted by atomic mass is 10.3. The van der Waals surface area contributed by atoms with Gasteiger partial charge >= 0.3 is 0 Å². The van der Waals surface area contributed by atoms with E-state index in [4.69, 9.17) is 21.1 Å². The number of halogens is 1. The summed E-state index contributed by atoms with van der Waals surface area (Å²) in [5.41, 5.74) is 1.53. The summed E-state index contributed by atoms with van der Waals surface area (Å²) in [7, 11) is -2.68. The SMILES string of the molecule is COCCOc1ccc(Cl)cc1S(=O)(=O)NC(=O)c1ncsc1C. The van der Waals surface area contributed by atoms with Crippen LogP contribution in [0.3, 0.4) is 0 Å². The van der Waals surface area contributed by atoms with E-state index in [1.54, 1.807) is 6.92 Å². The maximum atomic E-state index is 12.5. The van der Waals surface area contributed by atoms with Crippen molar-refractivity contribution in [3.05, 3.63) is 39.3 Å². The molecule has 0 atom stereocenters. The molecule has 0 saturated heterocycles. The summed E-state index contributed by atoms with van der Waals surface area (Å²) >= 11 is 7.12. The molecule has 0 aliphatic rings. The molecule has 7 nitrogen and oxygen atoms in total. The zero-order chi connectivity index (χ0) is 17.7. The molecular formula is C14H15ClN2O5S2. The number of amides is 1. The standard InChI is InChI=1S/C14H15ClN2O5S2/c1-9-13(16-8-23-9)14(18)17-24(19,20)12-7-10(15)3-4-11(12)22-6-5-21-2/h3-4,7-8H,5-6H2,1-2H3,(H,17,18). The van der Waals surface area contributed by atoms with E-state index >= 15 is 0 Å². The lowest BCUT2D eigenvalue weighted by molar-refractivity contribution is 0.0976. The molecule has 0 fully saturated rings. The van der Waals surface area contributed by atoms with Crippen LogP contribution in [0.25, 0.3) is 0 Å². The van der Waals surface area contributed by atoms with Gasteiger partial charge in [-0.3, -0.25) is 4.79 Å². The minimum atomic E-state index is -4.18. The summed E-state index contributed by atoms with van der Waals surface area (Å²) < 4.78 is 37.3. The number of nitrogens with zero attached hydrogens (tertiary/aromatic N) is 1. The Morgan fingerprint density at radius 1 is 1.38 bits per heavy atom. The number of thiazole rings is 1. The fourth-order valence-electron chi connectivity index (χ4n) is 1.79. The maximum Gasteiger partial charge on any atom is 0.284 e. The van der Waals surface area contributed by atoms with Crippen molar-refractivity contribution in [3.63, 3.8) is 0 Å². The second-order valence-electron chi connectivity index (χ2n) is 4.62. The van der Waals surface area contributed by atoms with Crippen LogP contribution in [-0.4, -0.2) is 39.6 Å². The molecule has 1 heterocycles. The van der Waals surface area contributed by atoms with Crippen molar-refractivity contribution in [2.75, 3.05) is 20.3 Å². The van der Waals surface area contributed by atoms with Crippen LogP contribution < -0.4 is 9.46 Å². The first-order valence-electron chi connectivity index (χ1n) is 6.73. The molecule has 0 aliphatic heterocycles. The van der Waals surface area contributed by atoms with Gasteiger partial charge in [-0.15, -0.1) is 11.3 Å². The van der Waals surface area contributed by atoms with Gasteiger partial charge in [-0.05, 0) is 25.1 Å². The van der Waals surface area contributed by atoms with Gasteiger partial charge in [0, 0.05) is 17.0 Å². The Kier molecular flexibility index (Phi) is 6.16. The number of aryl methyl sites for hydroxylation is 1. The second kappa shape index (κ2) is 7.93. The van der Waals surface area contributed by atoms with Gasteiger partial charge in [0.05, 0.1) is 12.1 Å². The Hall–Kier alpha value is -1.68. The molecule has 0 spiro atoms. The number of ether oxygens (including phenoxy) is 2. The third-order valence-electron chi connectivity index (χ3n) is 2.93. The molecule has 24 heavy (non-hydrogen) atoms. The van der Waals surface area contributed by atoms with Crippen molar-refractivity contribution in [3.8, 4) is 5.75 Å². The normalized spacial score (nSPS) is 11.3. The molecule has 0 bridgehead atoms. The number of hydrogen-bond donors (Lipinski definition) is 1. The van der Waals surface area contributed by atoms with Gasteiger partial charge in [-0.2, -0.15) is 0 Å². The number of benzene rings is 1. The molecule has 1 aromatic carbocycles. The highest BCUT2D eigenvalue weighted by molar-refractivity contribution is 7.90. The second-order valence-corrected chi connectivity index (χ2v) is 7.77. The van der Waals surface area contributed by atoms with E-state index in [0.29, 0.717) is 4.88 Å². The summed E-state index contributed by atoms with van der Waals surface area (Å²) in [6, 6.07) is 4.13. The van der Waals surface area contributed by atoms with Gasteiger partial charge in [0.2, 0.25) is 0 Å². The monoisotopic (exact) mass is 390 g/mol. The van der Waals surface area contributed by atoms with E-state index < -0.39 is 15.9 Å². The van der Waals surface area contributed by atoms with E-state index in [9.17, 15) is 13.2 Å². The van der Waals surface area contributed by atoms with E-state index in [2.05, 4.69) is 4.98 Å². The first-order valence-corrected chi connectivity index (χ1v) is 9.47. The fourth-order valence-corrected chi connectivity index (χ4v) is 3.73. The Balaban J connectivity index is 2.29. The van der Waals surface area contributed by atoms with Gasteiger partial charge in [0.25, 0.3) is 15.9 Å². The van der Waals surface area contributed by atoms with Crippen molar-refractivity contribution < 1.29 is 22.7 Å². The molecule has 0 aliphatic carbocycles. The Morgan fingerprint density at radius 2 is 2.12 bits per heavy atom. The molecule has 130 valence electrons. The third-order valence-corrected chi connectivity index (χ3v) is 5.27. The number of nitrogens with one attached hydrogen (secondary N) is 1. The van der Waals surface area contributed by atoms with Gasteiger partial charge in [0.15, 0.2) is 0 Å². The van der Waals surface area contributed by atoms with Gasteiger partial charge in [0.1, 0.15) is 22.9 Å². The van der Waals surface area contributed by atoms with Crippen molar-refractivity contribution >= 4 is 38.9 Å². The van der Waals surface area contributed by atoms with Crippen LogP contribution in [0.1, 0.15) is 15.4 Å². The van der Waals surface area contributed by atoms with Gasteiger partial charge < -0.3 is 9.47 Å². The number of hydrogen-bond acceptors (Lipinski definition) is 7. The number of carbonyl (C=O) groups excluding carboxylic acids is 1. The van der Waals surface area contributed by atoms with Crippen molar-refractivity contribution in [1.29, 1.82) is 0 Å². The van der Waals surface area contributed by atoms with Crippen LogP contribution >= 0.6 is 22.9 Å². The van der Waals surface area contributed by atoms with Crippen LogP contribution in [0.5, 0.6) is 5.75 Å². The Bertz CT molecular complexity index is 835. The third kappa shape index (κ3) is 4.44. The summed E-state index contributed by atoms with van der Waals surface area (Å²) in [6.07, 6.45) is 0. The summed E-state index contributed by atoms with van der Waals surface area (Å²) in [6.45, 7) is 2.12. The fraction of sp³-hybridized carbons (Fsp3) is 0.286. The summed E-state index contributed by atoms with van der Waals surface area (Å²) in [5, 5.41) is 0.201. The molecular weight excluding hydrogens is 376 g/mol. The first kappa shape index (κ1) is 18.7. The molecule has 1 aromatic heterocycles. The highest BCUT2D eigenvalue weighted by Gasteiger charge is 2.25. The van der Waals surface area contributed by atoms with Gasteiger partial charge in [-0.25, -0.2) is 18.1 Å². The summed E-state index contributed by atoms with van der Waals surface area (Å²) in [5.74, 6) is -0.733. The largest absolute Gasteiger partial charge is 0.490 e. The smallest absolute Gasteiger partial charge is 0.284 e. The highest BCUT2D eigenvalue weighted by Crippen LogP contribution is 2.27. The number of rotatable bonds is 7. The Labute approximate surface area is 148 Å². The molecule has 0 radical (unpaired) electrons. The molecule has 2 rings (SSSR count). The minimum absolute atomic E-state index is 0.0625.